The molecule has 5 nitrogen and oxygen atoms in total. The summed E-state index contributed by atoms with van der Waals surface area (Å²) in [6, 6.07) is 21.6. The number of rotatable bonds is 14. The summed E-state index contributed by atoms with van der Waals surface area (Å²) in [6.45, 7) is 1.76. The lowest BCUT2D eigenvalue weighted by Crippen LogP contribution is -3.00. The van der Waals surface area contributed by atoms with Gasteiger partial charge in [0.2, 0.25) is 0 Å². The Kier molecular flexibility index (Phi) is 13.1. The molecule has 0 N–H and O–H groups in total. The van der Waals surface area contributed by atoms with Gasteiger partial charge in [-0.05, 0) is 48.7 Å². The second kappa shape index (κ2) is 16.1. The standard InChI is InChI=1S/C28H34NO4.HI/c1-29-19-11-14-25(22-29)28(30)32-21-10-5-3-2-4-9-20-31-26-15-17-27(18-16-26)33-23-24-12-7-6-8-13-24;/h6-8,11-19,22H,2-5,9-10,20-21,23H2,1H3;1H/q+1;/p-1. The maximum absolute atomic E-state index is 12.0. The normalized spacial score (nSPS) is 10.3. The zero-order chi connectivity index (χ0) is 23.1. The van der Waals surface area contributed by atoms with Crippen LogP contribution in [0.5, 0.6) is 11.5 Å². The molecule has 0 amide bonds. The minimum atomic E-state index is -0.251. The van der Waals surface area contributed by atoms with Crippen molar-refractivity contribution in [1.82, 2.24) is 0 Å². The van der Waals surface area contributed by atoms with Crippen molar-refractivity contribution in [3.05, 3.63) is 90.3 Å². The molecule has 0 atom stereocenters. The molecule has 34 heavy (non-hydrogen) atoms. The van der Waals surface area contributed by atoms with Gasteiger partial charge in [0, 0.05) is 6.07 Å². The van der Waals surface area contributed by atoms with Crippen molar-refractivity contribution >= 4 is 5.97 Å². The molecule has 0 aliphatic rings. The van der Waals surface area contributed by atoms with E-state index in [-0.39, 0.29) is 29.9 Å². The lowest BCUT2D eigenvalue weighted by atomic mass is 10.1. The van der Waals surface area contributed by atoms with Crippen LogP contribution < -0.4 is 38.0 Å². The first-order valence-corrected chi connectivity index (χ1v) is 11.7. The Bertz CT molecular complexity index is 964. The van der Waals surface area contributed by atoms with Gasteiger partial charge in [0.25, 0.3) is 0 Å². The molecule has 0 aliphatic carbocycles. The zero-order valence-corrected chi connectivity index (χ0v) is 22.0. The van der Waals surface area contributed by atoms with Crippen molar-refractivity contribution in [2.75, 3.05) is 13.2 Å². The average Bonchev–Trinajstić information content (AvgIpc) is 2.85. The summed E-state index contributed by atoms with van der Waals surface area (Å²) in [5.41, 5.74) is 1.75. The smallest absolute Gasteiger partial charge is 0.344 e. The van der Waals surface area contributed by atoms with Gasteiger partial charge in [-0.3, -0.25) is 0 Å². The second-order valence-corrected chi connectivity index (χ2v) is 8.11. The van der Waals surface area contributed by atoms with Crippen molar-refractivity contribution < 1.29 is 47.5 Å². The van der Waals surface area contributed by atoms with Gasteiger partial charge in [0.1, 0.15) is 30.7 Å². The Labute approximate surface area is 220 Å². The molecule has 6 heteroatoms. The first kappa shape index (κ1) is 27.6. The third-order valence-electron chi connectivity index (χ3n) is 5.29. The Morgan fingerprint density at radius 2 is 1.35 bits per heavy atom. The molecule has 2 aromatic carbocycles. The monoisotopic (exact) mass is 575 g/mol. The lowest BCUT2D eigenvalue weighted by Gasteiger charge is -2.09. The summed E-state index contributed by atoms with van der Waals surface area (Å²) >= 11 is 0. The summed E-state index contributed by atoms with van der Waals surface area (Å²) in [6.07, 6.45) is 10.1. The van der Waals surface area contributed by atoms with E-state index < -0.39 is 0 Å². The molecule has 1 heterocycles. The SMILES string of the molecule is C[n+]1cccc(C(=O)OCCCCCCCCOc2ccc(OCc3ccccc3)cc2)c1.[I-]. The molecule has 3 rings (SSSR count). The highest BCUT2D eigenvalue weighted by Gasteiger charge is 2.09. The third kappa shape index (κ3) is 10.5. The Morgan fingerprint density at radius 1 is 0.735 bits per heavy atom. The van der Waals surface area contributed by atoms with Crippen LogP contribution in [-0.2, 0) is 18.4 Å². The van der Waals surface area contributed by atoms with E-state index in [9.17, 15) is 4.79 Å². The number of pyridine rings is 1. The molecular weight excluding hydrogens is 541 g/mol. The first-order chi connectivity index (χ1) is 16.2. The van der Waals surface area contributed by atoms with E-state index in [0.717, 1.165) is 62.2 Å². The van der Waals surface area contributed by atoms with Gasteiger partial charge in [-0.2, -0.15) is 0 Å². The van der Waals surface area contributed by atoms with Gasteiger partial charge in [-0.1, -0.05) is 56.0 Å². The number of halogens is 1. The van der Waals surface area contributed by atoms with Crippen molar-refractivity contribution in [3.8, 4) is 11.5 Å². The summed E-state index contributed by atoms with van der Waals surface area (Å²) in [4.78, 5) is 12.0. The van der Waals surface area contributed by atoms with E-state index in [2.05, 4.69) is 12.1 Å². The van der Waals surface area contributed by atoms with Crippen molar-refractivity contribution in [2.24, 2.45) is 7.05 Å². The van der Waals surface area contributed by atoms with Crippen LogP contribution in [0.3, 0.4) is 0 Å². The Balaban J connectivity index is 0.00000408. The molecule has 1 aromatic heterocycles. The van der Waals surface area contributed by atoms with Gasteiger partial charge in [0.05, 0.1) is 13.2 Å². The highest BCUT2D eigenvalue weighted by atomic mass is 127. The molecule has 0 bridgehead atoms. The van der Waals surface area contributed by atoms with Crippen LogP contribution in [0.25, 0.3) is 0 Å². The molecule has 0 aliphatic heterocycles. The number of esters is 1. The van der Waals surface area contributed by atoms with E-state index in [0.29, 0.717) is 18.8 Å². The summed E-state index contributed by atoms with van der Waals surface area (Å²) < 4.78 is 18.8. The summed E-state index contributed by atoms with van der Waals surface area (Å²) in [5, 5.41) is 0. The molecule has 0 unspecified atom stereocenters. The first-order valence-electron chi connectivity index (χ1n) is 11.7. The number of benzene rings is 2. The molecule has 0 saturated heterocycles. The quantitative estimate of drug-likeness (QED) is 0.129. The summed E-state index contributed by atoms with van der Waals surface area (Å²) in [5.74, 6) is 1.46. The maximum Gasteiger partial charge on any atom is 0.344 e. The number of unbranched alkanes of at least 4 members (excludes halogenated alkanes) is 5. The van der Waals surface area contributed by atoms with Gasteiger partial charge in [-0.15, -0.1) is 0 Å². The van der Waals surface area contributed by atoms with Crippen LogP contribution in [0.1, 0.15) is 54.4 Å². The van der Waals surface area contributed by atoms with E-state index >= 15 is 0 Å². The summed E-state index contributed by atoms with van der Waals surface area (Å²) in [7, 11) is 1.89. The van der Waals surface area contributed by atoms with Crippen LogP contribution in [0, 0.1) is 0 Å². The number of ether oxygens (including phenoxy) is 3. The van der Waals surface area contributed by atoms with Gasteiger partial charge in [0.15, 0.2) is 12.4 Å². The Morgan fingerprint density at radius 3 is 2.03 bits per heavy atom. The highest BCUT2D eigenvalue weighted by Crippen LogP contribution is 2.19. The van der Waals surface area contributed by atoms with Crippen molar-refractivity contribution in [3.63, 3.8) is 0 Å². The zero-order valence-electron chi connectivity index (χ0n) is 19.8. The molecule has 182 valence electrons. The van der Waals surface area contributed by atoms with Crippen LogP contribution >= 0.6 is 0 Å². The minimum Gasteiger partial charge on any atom is -1.00 e. The molecule has 0 spiro atoms. The van der Waals surface area contributed by atoms with Crippen LogP contribution in [0.2, 0.25) is 0 Å². The van der Waals surface area contributed by atoms with Crippen LogP contribution in [-0.4, -0.2) is 19.2 Å². The van der Waals surface area contributed by atoms with E-state index in [1.807, 2.05) is 66.3 Å². The predicted molar refractivity (Wildman–Crippen MR) is 128 cm³/mol. The number of hydrogen-bond acceptors (Lipinski definition) is 4. The lowest BCUT2D eigenvalue weighted by molar-refractivity contribution is -0.671. The number of nitrogens with zero attached hydrogens (tertiary/aromatic N) is 1. The predicted octanol–water partition coefficient (Wildman–Crippen LogP) is 2.67. The highest BCUT2D eigenvalue weighted by molar-refractivity contribution is 5.88. The number of aryl methyl sites for hydroxylation is 1. The van der Waals surface area contributed by atoms with Crippen LogP contribution in [0.4, 0.5) is 0 Å². The van der Waals surface area contributed by atoms with E-state index in [1.165, 1.54) is 0 Å². The fourth-order valence-electron chi connectivity index (χ4n) is 3.43. The van der Waals surface area contributed by atoms with Crippen molar-refractivity contribution in [1.29, 1.82) is 0 Å². The van der Waals surface area contributed by atoms with E-state index in [4.69, 9.17) is 14.2 Å². The number of carbonyl (C=O) groups excluding carboxylic acids is 1. The third-order valence-corrected chi connectivity index (χ3v) is 5.29. The maximum atomic E-state index is 12.0. The van der Waals surface area contributed by atoms with Gasteiger partial charge < -0.3 is 38.2 Å². The molecular formula is C28H34INO4. The molecule has 3 aromatic rings. The van der Waals surface area contributed by atoms with Crippen molar-refractivity contribution in [2.45, 2.75) is 45.1 Å². The number of hydrogen-bond donors (Lipinski definition) is 0. The van der Waals surface area contributed by atoms with Crippen LogP contribution in [0.15, 0.2) is 79.1 Å². The Hall–Kier alpha value is -2.61. The minimum absolute atomic E-state index is 0. The van der Waals surface area contributed by atoms with Gasteiger partial charge in [-0.25, -0.2) is 9.36 Å². The van der Waals surface area contributed by atoms with E-state index in [1.54, 1.807) is 12.3 Å². The average molecular weight is 575 g/mol. The second-order valence-electron chi connectivity index (χ2n) is 8.11. The topological polar surface area (TPSA) is 48.6 Å². The molecule has 0 radical (unpaired) electrons. The largest absolute Gasteiger partial charge is 1.00 e. The molecule has 0 fully saturated rings. The number of carbonyl (C=O) groups is 1. The fourth-order valence-corrected chi connectivity index (χ4v) is 3.43. The number of aromatic nitrogens is 1. The fraction of sp³-hybridized carbons (Fsp3) is 0.357. The molecule has 0 saturated carbocycles. The van der Waals surface area contributed by atoms with Gasteiger partial charge >= 0.3 is 5.97 Å².